The average Bonchev–Trinajstić information content (AvgIpc) is 3.01. The van der Waals surface area contributed by atoms with Crippen LogP contribution < -0.4 is 20.7 Å². The van der Waals surface area contributed by atoms with Crippen molar-refractivity contribution in [2.75, 3.05) is 0 Å². The van der Waals surface area contributed by atoms with E-state index in [1.165, 1.54) is 38.2 Å². The molecule has 5 rings (SSSR count). The van der Waals surface area contributed by atoms with Gasteiger partial charge in [0.15, 0.2) is 0 Å². The predicted molar refractivity (Wildman–Crippen MR) is 177 cm³/mol. The Morgan fingerprint density at radius 3 is 1.88 bits per heavy atom. The minimum absolute atomic E-state index is 0.0314. The molecule has 0 aliphatic rings. The summed E-state index contributed by atoms with van der Waals surface area (Å²) in [5.41, 5.74) is 5.34. The summed E-state index contributed by atoms with van der Waals surface area (Å²) in [6, 6.07) is 48.1. The Morgan fingerprint density at radius 2 is 1.25 bits per heavy atom. The van der Waals surface area contributed by atoms with Gasteiger partial charge in [-0.3, -0.25) is 0 Å². The Balaban J connectivity index is 1.48. The van der Waals surface area contributed by atoms with Crippen molar-refractivity contribution in [1.29, 1.82) is 0 Å². The zero-order chi connectivity index (χ0) is 27.8. The molecular weight excluding hydrogens is 522 g/mol. The maximum Gasteiger partial charge on any atom is 0.123 e. The molecule has 2 unspecified atom stereocenters. The number of ether oxygens (including phenoxy) is 1. The van der Waals surface area contributed by atoms with E-state index in [4.69, 9.17) is 4.74 Å². The van der Waals surface area contributed by atoms with E-state index in [0.717, 1.165) is 18.3 Å². The first-order valence-electron chi connectivity index (χ1n) is 14.1. The zero-order valence-corrected chi connectivity index (χ0v) is 25.6. The van der Waals surface area contributed by atoms with Gasteiger partial charge in [0.05, 0.1) is 0 Å². The molecule has 0 bridgehead atoms. The standard InChI is InChI=1S/C37H38OP2/c1-4-37(3,34-25-14-15-26-35(34)38-27-30-18-8-5-9-19-30)39-36-29(2)17-16-20-31(36)28-40(32-21-10-6-11-22-32)33-23-12-7-13-24-33/h5-26,39H,4,27-28H2,1-3H3. The summed E-state index contributed by atoms with van der Waals surface area (Å²) in [5.74, 6) is 0.995. The van der Waals surface area contributed by atoms with E-state index in [1.54, 1.807) is 0 Å². The lowest BCUT2D eigenvalue weighted by molar-refractivity contribution is 0.300. The Bertz CT molecular complexity index is 1460. The van der Waals surface area contributed by atoms with E-state index < -0.39 is 7.92 Å². The lowest BCUT2D eigenvalue weighted by Gasteiger charge is -2.33. The number of benzene rings is 5. The van der Waals surface area contributed by atoms with Crippen LogP contribution in [0.5, 0.6) is 5.75 Å². The molecule has 1 nitrogen and oxygen atoms in total. The number of hydrogen-bond donors (Lipinski definition) is 0. The van der Waals surface area contributed by atoms with Gasteiger partial charge in [-0.05, 0) is 59.9 Å². The van der Waals surface area contributed by atoms with Gasteiger partial charge < -0.3 is 4.74 Å². The molecule has 0 aliphatic carbocycles. The van der Waals surface area contributed by atoms with Crippen molar-refractivity contribution in [3.63, 3.8) is 0 Å². The summed E-state index contributed by atoms with van der Waals surface area (Å²) in [4.78, 5) is 0. The molecule has 0 amide bonds. The summed E-state index contributed by atoms with van der Waals surface area (Å²) in [5, 5.41) is 4.33. The van der Waals surface area contributed by atoms with Gasteiger partial charge in [0.2, 0.25) is 0 Å². The van der Waals surface area contributed by atoms with Gasteiger partial charge in [0.1, 0.15) is 12.4 Å². The van der Waals surface area contributed by atoms with Gasteiger partial charge in [-0.25, -0.2) is 0 Å². The summed E-state index contributed by atoms with van der Waals surface area (Å²) in [6.07, 6.45) is 2.08. The number of rotatable bonds is 11. The maximum atomic E-state index is 6.46. The van der Waals surface area contributed by atoms with Crippen molar-refractivity contribution >= 4 is 32.4 Å². The molecule has 0 spiro atoms. The highest BCUT2D eigenvalue weighted by Gasteiger charge is 2.30. The number of para-hydroxylation sites is 1. The first-order chi connectivity index (χ1) is 19.6. The van der Waals surface area contributed by atoms with Crippen LogP contribution in [0.4, 0.5) is 0 Å². The van der Waals surface area contributed by atoms with Crippen LogP contribution in [-0.4, -0.2) is 0 Å². The highest BCUT2D eigenvalue weighted by atomic mass is 31.1. The molecule has 0 heterocycles. The van der Waals surface area contributed by atoms with Gasteiger partial charge in [-0.15, -0.1) is 0 Å². The third kappa shape index (κ3) is 6.72. The topological polar surface area (TPSA) is 9.23 Å². The van der Waals surface area contributed by atoms with Gasteiger partial charge in [0.25, 0.3) is 0 Å². The molecule has 5 aromatic carbocycles. The van der Waals surface area contributed by atoms with E-state index in [2.05, 4.69) is 148 Å². The largest absolute Gasteiger partial charge is 0.489 e. The molecular formula is C37H38OP2. The normalized spacial score (nSPS) is 13.0. The van der Waals surface area contributed by atoms with Gasteiger partial charge in [-0.2, -0.15) is 0 Å². The van der Waals surface area contributed by atoms with E-state index in [-0.39, 0.29) is 5.16 Å². The molecule has 0 radical (unpaired) electrons. The summed E-state index contributed by atoms with van der Waals surface area (Å²) >= 11 is 0. The molecule has 202 valence electrons. The van der Waals surface area contributed by atoms with E-state index in [1.807, 2.05) is 6.07 Å². The number of hydrogen-bond acceptors (Lipinski definition) is 1. The quantitative estimate of drug-likeness (QED) is 0.147. The number of aryl methyl sites for hydroxylation is 1. The first kappa shape index (κ1) is 28.3. The molecule has 5 aromatic rings. The van der Waals surface area contributed by atoms with E-state index in [0.29, 0.717) is 15.2 Å². The second-order valence-electron chi connectivity index (χ2n) is 10.4. The molecule has 0 aromatic heterocycles. The average molecular weight is 561 g/mol. The minimum atomic E-state index is -0.514. The predicted octanol–water partition coefficient (Wildman–Crippen LogP) is 8.84. The van der Waals surface area contributed by atoms with Crippen LogP contribution in [0.1, 0.15) is 42.5 Å². The van der Waals surface area contributed by atoms with Crippen LogP contribution in [-0.2, 0) is 17.9 Å². The summed E-state index contributed by atoms with van der Waals surface area (Å²) in [7, 11) is 0.122. The molecule has 0 aliphatic heterocycles. The van der Waals surface area contributed by atoms with Crippen molar-refractivity contribution in [2.45, 2.75) is 45.1 Å². The minimum Gasteiger partial charge on any atom is -0.489 e. The van der Waals surface area contributed by atoms with Crippen LogP contribution in [0.25, 0.3) is 0 Å². The lowest BCUT2D eigenvalue weighted by Crippen LogP contribution is -2.23. The van der Waals surface area contributed by atoms with Crippen LogP contribution in [0.3, 0.4) is 0 Å². The molecule has 0 N–H and O–H groups in total. The second-order valence-corrected chi connectivity index (χ2v) is 14.5. The first-order valence-corrected chi connectivity index (χ1v) is 16.6. The maximum absolute atomic E-state index is 6.46. The second kappa shape index (κ2) is 13.4. The van der Waals surface area contributed by atoms with E-state index >= 15 is 0 Å². The fourth-order valence-electron chi connectivity index (χ4n) is 5.16. The fourth-order valence-corrected chi connectivity index (χ4v) is 9.33. The van der Waals surface area contributed by atoms with Crippen LogP contribution in [0.2, 0.25) is 0 Å². The molecule has 3 heteroatoms. The molecule has 40 heavy (non-hydrogen) atoms. The van der Waals surface area contributed by atoms with Crippen LogP contribution >= 0.6 is 16.5 Å². The molecule has 2 atom stereocenters. The van der Waals surface area contributed by atoms with Gasteiger partial charge in [0, 0.05) is 16.9 Å². The smallest absolute Gasteiger partial charge is 0.123 e. The Labute approximate surface area is 243 Å². The third-order valence-corrected chi connectivity index (χ3v) is 12.3. The third-order valence-electron chi connectivity index (χ3n) is 7.65. The highest BCUT2D eigenvalue weighted by Crippen LogP contribution is 2.49. The van der Waals surface area contributed by atoms with E-state index in [9.17, 15) is 0 Å². The fraction of sp³-hybridized carbons (Fsp3) is 0.189. The van der Waals surface area contributed by atoms with Crippen molar-refractivity contribution in [1.82, 2.24) is 0 Å². The van der Waals surface area contributed by atoms with Gasteiger partial charge in [-0.1, -0.05) is 150 Å². The van der Waals surface area contributed by atoms with Crippen molar-refractivity contribution < 1.29 is 4.74 Å². The summed E-state index contributed by atoms with van der Waals surface area (Å²) < 4.78 is 6.46. The van der Waals surface area contributed by atoms with Crippen LogP contribution in [0, 0.1) is 6.92 Å². The molecule has 0 saturated carbocycles. The summed E-state index contributed by atoms with van der Waals surface area (Å²) in [6.45, 7) is 7.60. The molecule has 0 fully saturated rings. The zero-order valence-electron chi connectivity index (χ0n) is 23.7. The highest BCUT2D eigenvalue weighted by molar-refractivity contribution is 7.72. The molecule has 0 saturated heterocycles. The van der Waals surface area contributed by atoms with Crippen LogP contribution in [0.15, 0.2) is 133 Å². The Morgan fingerprint density at radius 1 is 0.675 bits per heavy atom. The SMILES string of the molecule is CCC(C)(Pc1c(C)cccc1CP(c1ccccc1)c1ccccc1)c1ccccc1OCc1ccccc1. The van der Waals surface area contributed by atoms with Crippen molar-refractivity contribution in [3.8, 4) is 5.75 Å². The van der Waals surface area contributed by atoms with Crippen molar-refractivity contribution in [3.05, 3.63) is 156 Å². The Hall–Kier alpha value is -3.24. The monoisotopic (exact) mass is 560 g/mol. The lowest BCUT2D eigenvalue weighted by atomic mass is 9.96. The van der Waals surface area contributed by atoms with Crippen molar-refractivity contribution in [2.24, 2.45) is 0 Å². The Kier molecular flexibility index (Phi) is 9.49. The van der Waals surface area contributed by atoms with Gasteiger partial charge >= 0.3 is 0 Å².